The van der Waals surface area contributed by atoms with Gasteiger partial charge in [0.15, 0.2) is 0 Å². The summed E-state index contributed by atoms with van der Waals surface area (Å²) < 4.78 is 13.5. The molecule has 2 amide bonds. The van der Waals surface area contributed by atoms with Crippen molar-refractivity contribution in [2.75, 3.05) is 13.1 Å². The summed E-state index contributed by atoms with van der Waals surface area (Å²) in [4.78, 5) is 24.1. The zero-order valence-corrected chi connectivity index (χ0v) is 12.1. The molecule has 1 atom stereocenters. The van der Waals surface area contributed by atoms with Crippen molar-refractivity contribution >= 4 is 12.0 Å². The number of nitrogens with zero attached hydrogens (tertiary/aromatic N) is 1. The number of carboxylic acids is 1. The van der Waals surface area contributed by atoms with Gasteiger partial charge >= 0.3 is 12.0 Å². The second kappa shape index (κ2) is 6.11. The first-order valence-electron chi connectivity index (χ1n) is 6.90. The van der Waals surface area contributed by atoms with Gasteiger partial charge in [0.25, 0.3) is 0 Å². The van der Waals surface area contributed by atoms with Crippen LogP contribution < -0.4 is 5.32 Å². The van der Waals surface area contributed by atoms with Gasteiger partial charge in [0, 0.05) is 19.0 Å². The first-order chi connectivity index (χ1) is 9.86. The first kappa shape index (κ1) is 15.3. The molecule has 2 rings (SSSR count). The normalized spacial score (nSPS) is 16.2. The monoisotopic (exact) mass is 294 g/mol. The maximum absolute atomic E-state index is 13.5. The van der Waals surface area contributed by atoms with E-state index in [4.69, 9.17) is 5.11 Å². The summed E-state index contributed by atoms with van der Waals surface area (Å²) >= 11 is 0. The van der Waals surface area contributed by atoms with Gasteiger partial charge in [-0.15, -0.1) is 0 Å². The lowest BCUT2D eigenvalue weighted by atomic mass is 9.97. The van der Waals surface area contributed by atoms with E-state index in [0.29, 0.717) is 24.2 Å². The molecule has 6 heteroatoms. The molecule has 1 aromatic rings. The summed E-state index contributed by atoms with van der Waals surface area (Å²) in [6.07, 6.45) is 0.0858. The van der Waals surface area contributed by atoms with Gasteiger partial charge in [-0.3, -0.25) is 4.79 Å². The van der Waals surface area contributed by atoms with E-state index in [9.17, 15) is 14.0 Å². The van der Waals surface area contributed by atoms with Crippen molar-refractivity contribution in [1.29, 1.82) is 0 Å². The summed E-state index contributed by atoms with van der Waals surface area (Å²) in [5.41, 5.74) is 1.27. The smallest absolute Gasteiger partial charge is 0.317 e. The summed E-state index contributed by atoms with van der Waals surface area (Å²) in [6.45, 7) is 4.38. The third-order valence-corrected chi connectivity index (χ3v) is 3.74. The number of likely N-dealkylation sites (tertiary alicyclic amines) is 1. The molecule has 0 bridgehead atoms. The van der Waals surface area contributed by atoms with Gasteiger partial charge in [-0.05, 0) is 31.0 Å². The number of benzene rings is 1. The molecule has 0 spiro atoms. The average Bonchev–Trinajstić information content (AvgIpc) is 2.36. The Morgan fingerprint density at radius 3 is 2.71 bits per heavy atom. The van der Waals surface area contributed by atoms with E-state index in [1.165, 1.54) is 6.07 Å². The number of hydrogen-bond donors (Lipinski definition) is 2. The maximum atomic E-state index is 13.5. The molecule has 1 fully saturated rings. The number of rotatable bonds is 4. The summed E-state index contributed by atoms with van der Waals surface area (Å²) in [5, 5.41) is 11.5. The molecule has 1 unspecified atom stereocenters. The van der Waals surface area contributed by atoms with Gasteiger partial charge in [-0.1, -0.05) is 12.1 Å². The number of hydrogen-bond acceptors (Lipinski definition) is 2. The number of amides is 2. The molecule has 1 heterocycles. The quantitative estimate of drug-likeness (QED) is 0.895. The molecule has 1 aliphatic heterocycles. The average molecular weight is 294 g/mol. The minimum Gasteiger partial charge on any atom is -0.481 e. The number of aliphatic carboxylic acids is 1. The third kappa shape index (κ3) is 3.71. The summed E-state index contributed by atoms with van der Waals surface area (Å²) in [7, 11) is 0. The largest absolute Gasteiger partial charge is 0.481 e. The van der Waals surface area contributed by atoms with Gasteiger partial charge in [-0.2, -0.15) is 0 Å². The fraction of sp³-hybridized carbons (Fsp3) is 0.467. The topological polar surface area (TPSA) is 69.6 Å². The fourth-order valence-electron chi connectivity index (χ4n) is 2.35. The van der Waals surface area contributed by atoms with Crippen LogP contribution >= 0.6 is 0 Å². The number of carboxylic acid groups (broad SMARTS) is 1. The number of halogens is 1. The van der Waals surface area contributed by atoms with E-state index < -0.39 is 5.97 Å². The number of carbonyl (C=O) groups excluding carboxylic acids is 1. The second-order valence-electron chi connectivity index (χ2n) is 5.55. The van der Waals surface area contributed by atoms with Gasteiger partial charge in [0.2, 0.25) is 0 Å². The van der Waals surface area contributed by atoms with Crippen LogP contribution in [0, 0.1) is 18.7 Å². The molecule has 114 valence electrons. The van der Waals surface area contributed by atoms with Crippen molar-refractivity contribution in [2.45, 2.75) is 26.3 Å². The minimum absolute atomic E-state index is 0.0281. The Morgan fingerprint density at radius 2 is 2.14 bits per heavy atom. The highest BCUT2D eigenvalue weighted by molar-refractivity contribution is 5.76. The van der Waals surface area contributed by atoms with Gasteiger partial charge in [-0.25, -0.2) is 9.18 Å². The Morgan fingerprint density at radius 1 is 1.48 bits per heavy atom. The van der Waals surface area contributed by atoms with Crippen molar-refractivity contribution in [3.63, 3.8) is 0 Å². The molecule has 1 saturated heterocycles. The molecule has 0 aliphatic carbocycles. The van der Waals surface area contributed by atoms with Crippen LogP contribution in [-0.4, -0.2) is 35.1 Å². The molecule has 0 saturated carbocycles. The molecular formula is C15H19FN2O3. The molecule has 2 N–H and O–H groups in total. The SMILES string of the molecule is Cc1ccc(C(C)NC(=O)N2CC(CC(=O)O)C2)cc1F. The lowest BCUT2D eigenvalue weighted by Crippen LogP contribution is -2.54. The third-order valence-electron chi connectivity index (χ3n) is 3.74. The van der Waals surface area contributed by atoms with Crippen LogP contribution in [0.5, 0.6) is 0 Å². The van der Waals surface area contributed by atoms with E-state index >= 15 is 0 Å². The zero-order valence-electron chi connectivity index (χ0n) is 12.1. The highest BCUT2D eigenvalue weighted by Crippen LogP contribution is 2.21. The molecule has 1 aliphatic rings. The molecule has 0 aromatic heterocycles. The predicted molar refractivity (Wildman–Crippen MR) is 75.4 cm³/mol. The summed E-state index contributed by atoms with van der Waals surface area (Å²) in [5.74, 6) is -1.11. The van der Waals surface area contributed by atoms with Gasteiger partial charge < -0.3 is 15.3 Å². The Balaban J connectivity index is 1.85. The standard InChI is InChI=1S/C15H19FN2O3/c1-9-3-4-12(6-13(9)16)10(2)17-15(21)18-7-11(8-18)5-14(19)20/h3-4,6,10-11H,5,7-8H2,1-2H3,(H,17,21)(H,19,20). The van der Waals surface area contributed by atoms with E-state index in [1.807, 2.05) is 0 Å². The van der Waals surface area contributed by atoms with Crippen molar-refractivity contribution in [3.8, 4) is 0 Å². The van der Waals surface area contributed by atoms with E-state index in [2.05, 4.69) is 5.32 Å². The van der Waals surface area contributed by atoms with Crippen molar-refractivity contribution in [1.82, 2.24) is 10.2 Å². The molecule has 5 nitrogen and oxygen atoms in total. The first-order valence-corrected chi connectivity index (χ1v) is 6.90. The van der Waals surface area contributed by atoms with Crippen LogP contribution in [0.25, 0.3) is 0 Å². The Labute approximate surface area is 122 Å². The lowest BCUT2D eigenvalue weighted by molar-refractivity contribution is -0.139. The van der Waals surface area contributed by atoms with Crippen molar-refractivity contribution in [3.05, 3.63) is 35.1 Å². The fourth-order valence-corrected chi connectivity index (χ4v) is 2.35. The van der Waals surface area contributed by atoms with Crippen LogP contribution in [0.1, 0.15) is 30.5 Å². The molecule has 1 aromatic carbocycles. The Hall–Kier alpha value is -2.11. The highest BCUT2D eigenvalue weighted by atomic mass is 19.1. The Bertz CT molecular complexity index is 556. The molecule has 0 radical (unpaired) electrons. The Kier molecular flexibility index (Phi) is 4.45. The lowest BCUT2D eigenvalue weighted by Gasteiger charge is -2.39. The van der Waals surface area contributed by atoms with Crippen LogP contribution in [0.3, 0.4) is 0 Å². The van der Waals surface area contributed by atoms with Crippen molar-refractivity contribution in [2.24, 2.45) is 5.92 Å². The van der Waals surface area contributed by atoms with Crippen molar-refractivity contribution < 1.29 is 19.1 Å². The van der Waals surface area contributed by atoms with Gasteiger partial charge in [0.05, 0.1) is 12.5 Å². The maximum Gasteiger partial charge on any atom is 0.317 e. The predicted octanol–water partition coefficient (Wildman–Crippen LogP) is 2.31. The van der Waals surface area contributed by atoms with Crippen LogP contribution in [0.2, 0.25) is 0 Å². The van der Waals surface area contributed by atoms with Crippen LogP contribution in [0.15, 0.2) is 18.2 Å². The van der Waals surface area contributed by atoms with Gasteiger partial charge in [0.1, 0.15) is 5.82 Å². The number of carbonyl (C=O) groups is 2. The second-order valence-corrected chi connectivity index (χ2v) is 5.55. The van der Waals surface area contributed by atoms with E-state index in [0.717, 1.165) is 0 Å². The van der Waals surface area contributed by atoms with Crippen LogP contribution in [-0.2, 0) is 4.79 Å². The van der Waals surface area contributed by atoms with E-state index in [-0.39, 0.29) is 30.2 Å². The highest BCUT2D eigenvalue weighted by Gasteiger charge is 2.32. The zero-order chi connectivity index (χ0) is 15.6. The van der Waals surface area contributed by atoms with E-state index in [1.54, 1.807) is 30.9 Å². The number of aryl methyl sites for hydroxylation is 1. The molecule has 21 heavy (non-hydrogen) atoms. The molecular weight excluding hydrogens is 275 g/mol. The van der Waals surface area contributed by atoms with Crippen LogP contribution in [0.4, 0.5) is 9.18 Å². The summed E-state index contributed by atoms with van der Waals surface area (Å²) in [6, 6.07) is 4.34. The number of nitrogens with one attached hydrogen (secondary N) is 1. The number of urea groups is 1. The minimum atomic E-state index is -0.844.